The van der Waals surface area contributed by atoms with Gasteiger partial charge in [0.1, 0.15) is 29.4 Å². The van der Waals surface area contributed by atoms with Crippen LogP contribution in [0.3, 0.4) is 0 Å². The fourth-order valence-corrected chi connectivity index (χ4v) is 6.54. The number of methoxy groups -OCH3 is 2. The van der Waals surface area contributed by atoms with Gasteiger partial charge in [-0.1, -0.05) is 54.6 Å². The van der Waals surface area contributed by atoms with Crippen LogP contribution in [0.2, 0.25) is 0 Å². The molecule has 224 valence electrons. The molecule has 6 rings (SSSR count). The van der Waals surface area contributed by atoms with Gasteiger partial charge in [0.05, 0.1) is 25.9 Å². The molecule has 9 heteroatoms. The maximum absolute atomic E-state index is 12.8. The van der Waals surface area contributed by atoms with E-state index in [4.69, 9.17) is 18.9 Å². The highest BCUT2D eigenvalue weighted by molar-refractivity contribution is 5.50. The molecule has 1 aliphatic carbocycles. The summed E-state index contributed by atoms with van der Waals surface area (Å²) in [7, 11) is 3.26. The summed E-state index contributed by atoms with van der Waals surface area (Å²) >= 11 is 0. The molecular weight excluding hydrogens is 548 g/mol. The Labute approximate surface area is 249 Å². The van der Waals surface area contributed by atoms with Crippen LogP contribution in [0.5, 0.6) is 11.5 Å². The first-order valence-corrected chi connectivity index (χ1v) is 14.5. The summed E-state index contributed by atoms with van der Waals surface area (Å²) in [6, 6.07) is 25.6. The van der Waals surface area contributed by atoms with Crippen LogP contribution in [-0.4, -0.2) is 46.7 Å². The maximum Gasteiger partial charge on any atom is 0.330 e. The van der Waals surface area contributed by atoms with Crippen molar-refractivity contribution in [2.24, 2.45) is 0 Å². The van der Waals surface area contributed by atoms with Crippen molar-refractivity contribution in [3.05, 3.63) is 128 Å². The molecule has 1 aromatic heterocycles. The van der Waals surface area contributed by atoms with Crippen molar-refractivity contribution in [1.29, 1.82) is 0 Å². The lowest BCUT2D eigenvalue weighted by atomic mass is 9.77. The van der Waals surface area contributed by atoms with E-state index in [0.717, 1.165) is 28.2 Å². The number of rotatable bonds is 8. The van der Waals surface area contributed by atoms with E-state index in [-0.39, 0.29) is 6.42 Å². The monoisotopic (exact) mass is 584 g/mol. The fraction of sp³-hybridized carbons (Fsp3) is 0.353. The van der Waals surface area contributed by atoms with Gasteiger partial charge >= 0.3 is 5.69 Å². The van der Waals surface area contributed by atoms with Crippen LogP contribution in [-0.2, 0) is 15.1 Å². The van der Waals surface area contributed by atoms with Gasteiger partial charge in [0.15, 0.2) is 0 Å². The van der Waals surface area contributed by atoms with Crippen molar-refractivity contribution in [2.45, 2.75) is 62.2 Å². The van der Waals surface area contributed by atoms with Crippen molar-refractivity contribution in [3.63, 3.8) is 0 Å². The molecule has 0 spiro atoms. The highest BCUT2D eigenvalue weighted by Gasteiger charge is 2.56. The number of aromatic amines is 1. The second-order valence-electron chi connectivity index (χ2n) is 11.4. The minimum Gasteiger partial charge on any atom is -0.497 e. The van der Waals surface area contributed by atoms with E-state index in [1.165, 1.54) is 10.8 Å². The Bertz CT molecular complexity index is 1630. The molecule has 3 aromatic carbocycles. The first-order chi connectivity index (χ1) is 20.8. The van der Waals surface area contributed by atoms with Gasteiger partial charge in [-0.15, -0.1) is 0 Å². The number of ether oxygens (including phenoxy) is 4. The lowest BCUT2D eigenvalue weighted by molar-refractivity contribution is -0.183. The van der Waals surface area contributed by atoms with Crippen LogP contribution in [0, 0.1) is 6.92 Å². The Morgan fingerprint density at radius 2 is 1.49 bits per heavy atom. The zero-order valence-corrected chi connectivity index (χ0v) is 24.5. The Kier molecular flexibility index (Phi) is 7.72. The number of fused-ring (bicyclic) bond motifs is 1. The lowest BCUT2D eigenvalue weighted by Gasteiger charge is -2.45. The molecule has 0 bridgehead atoms. The molecule has 4 aromatic rings. The number of nitrogens with one attached hydrogen (secondary N) is 1. The first-order valence-electron chi connectivity index (χ1n) is 14.5. The predicted molar refractivity (Wildman–Crippen MR) is 161 cm³/mol. The summed E-state index contributed by atoms with van der Waals surface area (Å²) in [5.74, 6) is 1.44. The van der Waals surface area contributed by atoms with Crippen molar-refractivity contribution >= 4 is 0 Å². The Balaban J connectivity index is 1.47. The third-order valence-corrected chi connectivity index (χ3v) is 8.76. The molecular formula is C34H36N2O7. The molecule has 2 heterocycles. The molecule has 0 unspecified atom stereocenters. The summed E-state index contributed by atoms with van der Waals surface area (Å²) in [6.45, 7) is 1.63. The summed E-state index contributed by atoms with van der Waals surface area (Å²) in [6.07, 6.45) is 1.54. The van der Waals surface area contributed by atoms with Gasteiger partial charge in [-0.05, 0) is 67.1 Å². The highest BCUT2D eigenvalue weighted by atomic mass is 16.6. The summed E-state index contributed by atoms with van der Waals surface area (Å²) in [4.78, 5) is 27.1. The van der Waals surface area contributed by atoms with E-state index in [0.29, 0.717) is 24.8 Å². The second kappa shape index (κ2) is 11.5. The number of aryl methyl sites for hydroxylation is 1. The smallest absolute Gasteiger partial charge is 0.330 e. The minimum absolute atomic E-state index is 0.201. The maximum atomic E-state index is 12.8. The summed E-state index contributed by atoms with van der Waals surface area (Å²) in [5, 5.41) is 11.9. The van der Waals surface area contributed by atoms with Gasteiger partial charge in [0.2, 0.25) is 0 Å². The number of nitrogens with zero attached hydrogens (tertiary/aromatic N) is 1. The molecule has 2 aliphatic rings. The van der Waals surface area contributed by atoms with Gasteiger partial charge in [-0.3, -0.25) is 14.3 Å². The Hall–Kier alpha value is -4.18. The standard InChI is InChI=1S/C34H36N2O7/c1-22-21-36(32(38)35-31(22)37)29-20-33(39)19-7-10-28(30(33)42-29)43-34(23-8-5-4-6-9-23,24-11-15-26(40-2)16-12-24)25-13-17-27(41-3)18-14-25/h4-6,8-9,11-18,21,28-30,39H,7,10,19-20H2,1-3H3,(H,35,37,38)/t28-,29+,30-,33-/m0/s1. The third kappa shape index (κ3) is 5.18. The predicted octanol–water partition coefficient (Wildman–Crippen LogP) is 4.44. The third-order valence-electron chi connectivity index (χ3n) is 8.76. The summed E-state index contributed by atoms with van der Waals surface area (Å²) in [5.41, 5.74) is -0.281. The second-order valence-corrected chi connectivity index (χ2v) is 11.4. The number of benzene rings is 3. The Morgan fingerprint density at radius 1 is 0.907 bits per heavy atom. The van der Waals surface area contributed by atoms with Gasteiger partial charge in [-0.25, -0.2) is 4.79 Å². The van der Waals surface area contributed by atoms with Crippen LogP contribution in [0.25, 0.3) is 0 Å². The zero-order valence-electron chi connectivity index (χ0n) is 24.5. The van der Waals surface area contributed by atoms with Crippen molar-refractivity contribution < 1.29 is 24.1 Å². The average molecular weight is 585 g/mol. The lowest BCUT2D eigenvalue weighted by Crippen LogP contribution is -2.53. The molecule has 4 atom stereocenters. The molecule has 9 nitrogen and oxygen atoms in total. The van der Waals surface area contributed by atoms with Crippen LogP contribution in [0.1, 0.15) is 54.2 Å². The van der Waals surface area contributed by atoms with Crippen LogP contribution >= 0.6 is 0 Å². The molecule has 43 heavy (non-hydrogen) atoms. The van der Waals surface area contributed by atoms with Crippen molar-refractivity contribution in [3.8, 4) is 11.5 Å². The molecule has 2 N–H and O–H groups in total. The number of hydrogen-bond donors (Lipinski definition) is 2. The quantitative estimate of drug-likeness (QED) is 0.295. The zero-order chi connectivity index (χ0) is 30.2. The number of H-pyrrole nitrogens is 1. The van der Waals surface area contributed by atoms with Crippen LogP contribution in [0.15, 0.2) is 94.6 Å². The number of aromatic nitrogens is 2. The minimum atomic E-state index is -1.22. The summed E-state index contributed by atoms with van der Waals surface area (Å²) < 4.78 is 26.1. The highest BCUT2D eigenvalue weighted by Crippen LogP contribution is 2.50. The molecule has 2 fully saturated rings. The van der Waals surface area contributed by atoms with E-state index in [9.17, 15) is 14.7 Å². The topological polar surface area (TPSA) is 112 Å². The molecule has 0 amide bonds. The van der Waals surface area contributed by atoms with Gasteiger partial charge in [0, 0.05) is 18.2 Å². The van der Waals surface area contributed by atoms with Crippen molar-refractivity contribution in [2.75, 3.05) is 14.2 Å². The van der Waals surface area contributed by atoms with E-state index >= 15 is 0 Å². The van der Waals surface area contributed by atoms with Crippen molar-refractivity contribution in [1.82, 2.24) is 9.55 Å². The molecule has 0 radical (unpaired) electrons. The van der Waals surface area contributed by atoms with E-state index in [1.54, 1.807) is 21.1 Å². The van der Waals surface area contributed by atoms with Gasteiger partial charge in [0.25, 0.3) is 5.56 Å². The van der Waals surface area contributed by atoms with Gasteiger partial charge < -0.3 is 24.1 Å². The molecule has 1 saturated heterocycles. The first kappa shape index (κ1) is 28.9. The van der Waals surface area contributed by atoms with Gasteiger partial charge in [-0.2, -0.15) is 0 Å². The van der Waals surface area contributed by atoms with E-state index in [1.807, 2.05) is 78.9 Å². The normalized spacial score (nSPS) is 23.5. The SMILES string of the molecule is COc1ccc(C(O[C@H]2CCC[C@]3(O)C[C@H](n4cc(C)c(=O)[nH]c4=O)O[C@@H]23)(c2ccccc2)c2ccc(OC)cc2)cc1. The van der Waals surface area contributed by atoms with Crippen LogP contribution < -0.4 is 20.7 Å². The fourth-order valence-electron chi connectivity index (χ4n) is 6.54. The average Bonchev–Trinajstić information content (AvgIpc) is 3.40. The van der Waals surface area contributed by atoms with Crippen LogP contribution in [0.4, 0.5) is 0 Å². The Morgan fingerprint density at radius 3 is 2.07 bits per heavy atom. The van der Waals surface area contributed by atoms with E-state index in [2.05, 4.69) is 4.98 Å². The van der Waals surface area contributed by atoms with E-state index < -0.39 is 40.9 Å². The number of aliphatic hydroxyl groups is 1. The molecule has 1 saturated carbocycles. The number of hydrogen-bond acceptors (Lipinski definition) is 7. The largest absolute Gasteiger partial charge is 0.497 e. The molecule has 1 aliphatic heterocycles.